The van der Waals surface area contributed by atoms with Crippen LogP contribution in [0.25, 0.3) is 0 Å². The van der Waals surface area contributed by atoms with Crippen molar-refractivity contribution >= 4 is 11.8 Å². The molecule has 0 amide bonds. The first-order valence-electron chi connectivity index (χ1n) is 8.92. The number of hydrogen-bond donors (Lipinski definition) is 0. The molecule has 4 nitrogen and oxygen atoms in total. The van der Waals surface area contributed by atoms with Crippen LogP contribution in [0.4, 0.5) is 13.2 Å². The molecule has 1 saturated carbocycles. The van der Waals surface area contributed by atoms with E-state index in [-0.39, 0.29) is 11.3 Å². The number of hydrogen-bond acceptors (Lipinski definition) is 4. The molecule has 0 unspecified atom stereocenters. The molecule has 1 fully saturated rings. The van der Waals surface area contributed by atoms with Crippen LogP contribution in [0.3, 0.4) is 0 Å². The summed E-state index contributed by atoms with van der Waals surface area (Å²) in [6, 6.07) is 11.0. The Balaban J connectivity index is 1.67. The lowest BCUT2D eigenvalue weighted by atomic mass is 9.79. The average molecular weight is 392 g/mol. The van der Waals surface area contributed by atoms with E-state index in [0.29, 0.717) is 18.4 Å². The summed E-state index contributed by atoms with van der Waals surface area (Å²) >= 11 is 0. The molecule has 0 saturated heterocycles. The Morgan fingerprint density at radius 1 is 1.04 bits per heavy atom. The minimum Gasteiger partial charge on any atom is -0.457 e. The summed E-state index contributed by atoms with van der Waals surface area (Å²) in [4.78, 5) is 25.1. The number of esters is 1. The number of halogens is 3. The van der Waals surface area contributed by atoms with Crippen molar-refractivity contribution in [3.8, 4) is 5.75 Å². The van der Waals surface area contributed by atoms with E-state index in [1.165, 1.54) is 36.4 Å². The van der Waals surface area contributed by atoms with E-state index < -0.39 is 36.2 Å². The molecule has 7 heteroatoms. The summed E-state index contributed by atoms with van der Waals surface area (Å²) in [6.07, 6.45) is 2.68. The zero-order valence-electron chi connectivity index (χ0n) is 15.0. The highest BCUT2D eigenvalue weighted by atomic mass is 19.3. The van der Waals surface area contributed by atoms with Crippen molar-refractivity contribution in [3.05, 3.63) is 65.5 Å². The molecule has 148 valence electrons. The minimum absolute atomic E-state index is 0.0699. The summed E-state index contributed by atoms with van der Waals surface area (Å²) < 4.78 is 47.5. The van der Waals surface area contributed by atoms with Crippen molar-refractivity contribution in [1.82, 2.24) is 0 Å². The van der Waals surface area contributed by atoms with E-state index >= 15 is 0 Å². The summed E-state index contributed by atoms with van der Waals surface area (Å²) in [5.41, 5.74) is -0.186. The fourth-order valence-corrected chi connectivity index (χ4v) is 3.55. The Kier molecular flexibility index (Phi) is 6.02. The van der Waals surface area contributed by atoms with E-state index in [9.17, 15) is 22.8 Å². The molecule has 1 aliphatic rings. The first kappa shape index (κ1) is 19.9. The van der Waals surface area contributed by atoms with Crippen LogP contribution >= 0.6 is 0 Å². The Labute approximate surface area is 160 Å². The molecule has 28 heavy (non-hydrogen) atoms. The molecular weight excluding hydrogens is 373 g/mol. The van der Waals surface area contributed by atoms with Crippen LogP contribution in [0.15, 0.2) is 48.5 Å². The number of benzene rings is 2. The maximum absolute atomic E-state index is 13.6. The third-order valence-corrected chi connectivity index (χ3v) is 4.96. The monoisotopic (exact) mass is 392 g/mol. The second-order valence-corrected chi connectivity index (χ2v) is 6.70. The van der Waals surface area contributed by atoms with Crippen LogP contribution in [0, 0.1) is 5.82 Å². The Hall–Kier alpha value is -2.83. The number of carbonyl (C=O) groups excluding carboxylic acids is 2. The van der Waals surface area contributed by atoms with E-state index in [0.717, 1.165) is 12.8 Å². The van der Waals surface area contributed by atoms with Gasteiger partial charge in [0.25, 0.3) is 0 Å². The van der Waals surface area contributed by atoms with Gasteiger partial charge in [0, 0.05) is 5.56 Å². The Morgan fingerprint density at radius 3 is 2.32 bits per heavy atom. The third kappa shape index (κ3) is 4.35. The number of rotatable bonds is 7. The number of alkyl halides is 2. The van der Waals surface area contributed by atoms with Gasteiger partial charge < -0.3 is 9.47 Å². The molecule has 1 aliphatic carbocycles. The van der Waals surface area contributed by atoms with Gasteiger partial charge >= 0.3 is 12.6 Å². The van der Waals surface area contributed by atoms with Crippen LogP contribution in [0.5, 0.6) is 5.75 Å². The number of ketones is 1. The third-order valence-electron chi connectivity index (χ3n) is 4.96. The molecular formula is C21H19F3O4. The van der Waals surface area contributed by atoms with Gasteiger partial charge in [-0.1, -0.05) is 25.0 Å². The van der Waals surface area contributed by atoms with Gasteiger partial charge in [0.1, 0.15) is 11.6 Å². The zero-order valence-corrected chi connectivity index (χ0v) is 15.0. The van der Waals surface area contributed by atoms with Crippen molar-refractivity contribution in [2.24, 2.45) is 0 Å². The van der Waals surface area contributed by atoms with Crippen LogP contribution in [-0.4, -0.2) is 25.0 Å². The van der Waals surface area contributed by atoms with Gasteiger partial charge in [-0.05, 0) is 54.8 Å². The van der Waals surface area contributed by atoms with Crippen LogP contribution in [0.2, 0.25) is 0 Å². The fourth-order valence-electron chi connectivity index (χ4n) is 3.55. The van der Waals surface area contributed by atoms with E-state index in [1.54, 1.807) is 12.1 Å². The van der Waals surface area contributed by atoms with Crippen LogP contribution < -0.4 is 4.74 Å². The number of Topliss-reactive ketones (excluding diaryl/α,β-unsaturated/α-hetero) is 1. The molecule has 0 N–H and O–H groups in total. The van der Waals surface area contributed by atoms with Crippen LogP contribution in [-0.2, 0) is 14.9 Å². The normalized spacial score (nSPS) is 15.4. The summed E-state index contributed by atoms with van der Waals surface area (Å²) in [7, 11) is 0. The number of ether oxygens (including phenoxy) is 2. The Bertz CT molecular complexity index is 843. The van der Waals surface area contributed by atoms with Gasteiger partial charge in [-0.3, -0.25) is 9.59 Å². The zero-order chi connectivity index (χ0) is 20.1. The highest BCUT2D eigenvalue weighted by molar-refractivity contribution is 5.98. The van der Waals surface area contributed by atoms with E-state index in [2.05, 4.69) is 4.74 Å². The van der Waals surface area contributed by atoms with Gasteiger partial charge in [-0.15, -0.1) is 0 Å². The molecule has 0 aromatic heterocycles. The lowest BCUT2D eigenvalue weighted by Gasteiger charge is -2.27. The van der Waals surface area contributed by atoms with Crippen molar-refractivity contribution in [1.29, 1.82) is 0 Å². The van der Waals surface area contributed by atoms with Gasteiger partial charge in [0.2, 0.25) is 0 Å². The molecule has 0 atom stereocenters. The molecule has 2 aromatic rings. The molecule has 0 heterocycles. The molecule has 0 radical (unpaired) electrons. The smallest absolute Gasteiger partial charge is 0.387 e. The van der Waals surface area contributed by atoms with Crippen molar-refractivity contribution in [2.75, 3.05) is 6.61 Å². The predicted octanol–water partition coefficient (Wildman–Crippen LogP) is 4.67. The highest BCUT2D eigenvalue weighted by Gasteiger charge is 2.44. The van der Waals surface area contributed by atoms with Crippen molar-refractivity contribution < 1.29 is 32.2 Å². The lowest BCUT2D eigenvalue weighted by molar-refractivity contribution is -0.149. The molecule has 0 aliphatic heterocycles. The van der Waals surface area contributed by atoms with E-state index in [4.69, 9.17) is 4.74 Å². The first-order valence-corrected chi connectivity index (χ1v) is 8.92. The lowest BCUT2D eigenvalue weighted by Crippen LogP contribution is -2.36. The van der Waals surface area contributed by atoms with Crippen LogP contribution in [0.1, 0.15) is 41.6 Å². The molecule has 0 bridgehead atoms. The van der Waals surface area contributed by atoms with Gasteiger partial charge in [0.05, 0.1) is 5.41 Å². The summed E-state index contributed by atoms with van der Waals surface area (Å²) in [6.45, 7) is -3.43. The topological polar surface area (TPSA) is 52.6 Å². The quantitative estimate of drug-likeness (QED) is 0.508. The second-order valence-electron chi connectivity index (χ2n) is 6.70. The fraction of sp³-hybridized carbons (Fsp3) is 0.333. The van der Waals surface area contributed by atoms with Gasteiger partial charge in [-0.25, -0.2) is 4.39 Å². The highest BCUT2D eigenvalue weighted by Crippen LogP contribution is 2.42. The maximum Gasteiger partial charge on any atom is 0.387 e. The molecule has 3 rings (SSSR count). The van der Waals surface area contributed by atoms with Crippen molar-refractivity contribution in [3.63, 3.8) is 0 Å². The van der Waals surface area contributed by atoms with Gasteiger partial charge in [-0.2, -0.15) is 8.78 Å². The van der Waals surface area contributed by atoms with Gasteiger partial charge in [0.15, 0.2) is 12.4 Å². The SMILES string of the molecule is O=C(COC(=O)C1(c2cccc(F)c2)CCCC1)c1ccc(OC(F)F)cc1. The van der Waals surface area contributed by atoms with E-state index in [1.807, 2.05) is 0 Å². The predicted molar refractivity (Wildman–Crippen MR) is 94.9 cm³/mol. The maximum atomic E-state index is 13.6. The second kappa shape index (κ2) is 8.46. The average Bonchev–Trinajstić information content (AvgIpc) is 3.17. The summed E-state index contributed by atoms with van der Waals surface area (Å²) in [5, 5.41) is 0. The molecule has 2 aromatic carbocycles. The molecule has 0 spiro atoms. The standard InChI is InChI=1S/C21H19F3O4/c22-16-5-3-4-15(12-16)21(10-1-2-11-21)19(26)27-13-18(25)14-6-8-17(9-7-14)28-20(23)24/h3-9,12,20H,1-2,10-11,13H2. The largest absolute Gasteiger partial charge is 0.457 e. The van der Waals surface area contributed by atoms with Crippen molar-refractivity contribution in [2.45, 2.75) is 37.7 Å². The Morgan fingerprint density at radius 2 is 1.71 bits per heavy atom. The summed E-state index contributed by atoms with van der Waals surface area (Å²) in [5.74, 6) is -1.52. The number of carbonyl (C=O) groups is 2. The minimum atomic E-state index is -2.95. The first-order chi connectivity index (χ1) is 13.4.